The average molecular weight is 420 g/mol. The smallest absolute Gasteiger partial charge is 0.265 e. The molecule has 7 heteroatoms. The summed E-state index contributed by atoms with van der Waals surface area (Å²) in [6.07, 6.45) is 1.55. The van der Waals surface area contributed by atoms with E-state index in [1.54, 1.807) is 36.5 Å². The predicted octanol–water partition coefficient (Wildman–Crippen LogP) is 3.67. The van der Waals surface area contributed by atoms with Crippen LogP contribution in [0.5, 0.6) is 0 Å². The molecule has 1 aromatic carbocycles. The lowest BCUT2D eigenvalue weighted by Gasteiger charge is -2.09. The van der Waals surface area contributed by atoms with Gasteiger partial charge >= 0.3 is 0 Å². The number of halogens is 3. The lowest BCUT2D eigenvalue weighted by Crippen LogP contribution is -2.27. The van der Waals surface area contributed by atoms with Crippen LogP contribution in [-0.4, -0.2) is 10.5 Å². The average Bonchev–Trinajstić information content (AvgIpc) is 2.38. The Morgan fingerprint density at radius 2 is 2.00 bits per heavy atom. The quantitative estimate of drug-likeness (QED) is 0.824. The molecule has 0 saturated carbocycles. The monoisotopic (exact) mass is 418 g/mol. The van der Waals surface area contributed by atoms with Crippen molar-refractivity contribution in [2.75, 3.05) is 5.32 Å². The molecule has 0 radical (unpaired) electrons. The molecule has 104 valence electrons. The highest BCUT2D eigenvalue weighted by atomic mass is 79.9. The number of nitrogens with one attached hydrogen (secondary N) is 1. The maximum Gasteiger partial charge on any atom is 0.265 e. The van der Waals surface area contributed by atoms with E-state index in [0.29, 0.717) is 19.7 Å². The standard InChI is InChI=1S/C13H9Br2ClN2O2/c14-8-5-9(15)13(20)18(6-8)7-12(19)17-11-4-2-1-3-10(11)16/h1-6H,7H2,(H,17,19). The topological polar surface area (TPSA) is 51.1 Å². The van der Waals surface area contributed by atoms with Crippen molar-refractivity contribution in [2.24, 2.45) is 0 Å². The van der Waals surface area contributed by atoms with Crippen LogP contribution in [-0.2, 0) is 11.3 Å². The number of carbonyl (C=O) groups is 1. The van der Waals surface area contributed by atoms with Crippen molar-refractivity contribution in [1.82, 2.24) is 4.57 Å². The fraction of sp³-hybridized carbons (Fsp3) is 0.0769. The van der Waals surface area contributed by atoms with Crippen molar-refractivity contribution in [1.29, 1.82) is 0 Å². The van der Waals surface area contributed by atoms with Crippen LogP contribution >= 0.6 is 43.5 Å². The van der Waals surface area contributed by atoms with Crippen LogP contribution in [0.15, 0.2) is 50.3 Å². The molecule has 1 amide bonds. The molecule has 0 bridgehead atoms. The normalized spacial score (nSPS) is 10.3. The van der Waals surface area contributed by atoms with Crippen LogP contribution in [0.2, 0.25) is 5.02 Å². The molecule has 0 fully saturated rings. The molecule has 0 atom stereocenters. The number of hydrogen-bond acceptors (Lipinski definition) is 2. The van der Waals surface area contributed by atoms with Crippen molar-refractivity contribution in [3.05, 3.63) is 60.9 Å². The summed E-state index contributed by atoms with van der Waals surface area (Å²) in [6.45, 7) is -0.0951. The molecule has 4 nitrogen and oxygen atoms in total. The zero-order valence-corrected chi connectivity index (χ0v) is 14.0. The minimum Gasteiger partial charge on any atom is -0.323 e. The van der Waals surface area contributed by atoms with Crippen LogP contribution < -0.4 is 10.9 Å². The van der Waals surface area contributed by atoms with Crippen LogP contribution in [0.4, 0.5) is 5.69 Å². The number of hydrogen-bond donors (Lipinski definition) is 1. The molecule has 0 saturated heterocycles. The van der Waals surface area contributed by atoms with Crippen molar-refractivity contribution in [3.8, 4) is 0 Å². The second-order valence-corrected chi connectivity index (χ2v) is 6.14. The van der Waals surface area contributed by atoms with Gasteiger partial charge in [-0.1, -0.05) is 23.7 Å². The number of amides is 1. The third kappa shape index (κ3) is 3.71. The van der Waals surface area contributed by atoms with E-state index in [1.165, 1.54) is 4.57 Å². The number of nitrogens with zero attached hydrogens (tertiary/aromatic N) is 1. The second-order valence-electron chi connectivity index (χ2n) is 3.97. The molecule has 0 aliphatic carbocycles. The summed E-state index contributed by atoms with van der Waals surface area (Å²) in [5.41, 5.74) is 0.240. The van der Waals surface area contributed by atoms with Gasteiger partial charge in [0.2, 0.25) is 5.91 Å². The minimum atomic E-state index is -0.329. The summed E-state index contributed by atoms with van der Waals surface area (Å²) in [6, 6.07) is 8.54. The Hall–Kier alpha value is -1.11. The first kappa shape index (κ1) is 15.3. The Labute approximate surface area is 137 Å². The molecule has 1 aromatic heterocycles. The number of aromatic nitrogens is 1. The van der Waals surface area contributed by atoms with E-state index in [4.69, 9.17) is 11.6 Å². The highest BCUT2D eigenvalue weighted by Gasteiger charge is 2.09. The van der Waals surface area contributed by atoms with Gasteiger partial charge in [0.25, 0.3) is 5.56 Å². The van der Waals surface area contributed by atoms with Gasteiger partial charge in [0.05, 0.1) is 15.2 Å². The first-order valence-electron chi connectivity index (χ1n) is 5.57. The number of benzene rings is 1. The summed E-state index contributed by atoms with van der Waals surface area (Å²) in [5.74, 6) is -0.329. The first-order valence-corrected chi connectivity index (χ1v) is 7.53. The molecular weight excluding hydrogens is 411 g/mol. The van der Waals surface area contributed by atoms with Crippen molar-refractivity contribution < 1.29 is 4.79 Å². The number of anilines is 1. The molecule has 0 unspecified atom stereocenters. The summed E-state index contributed by atoms with van der Waals surface area (Å²) < 4.78 is 2.40. The molecule has 20 heavy (non-hydrogen) atoms. The van der Waals surface area contributed by atoms with Gasteiger partial charge in [0.15, 0.2) is 0 Å². The van der Waals surface area contributed by atoms with E-state index >= 15 is 0 Å². The van der Waals surface area contributed by atoms with E-state index in [9.17, 15) is 9.59 Å². The summed E-state index contributed by atoms with van der Waals surface area (Å²) in [5, 5.41) is 3.11. The second kappa shape index (κ2) is 6.56. The summed E-state index contributed by atoms with van der Waals surface area (Å²) >= 11 is 12.4. The fourth-order valence-electron chi connectivity index (χ4n) is 1.59. The van der Waals surface area contributed by atoms with E-state index in [1.807, 2.05) is 0 Å². The number of carbonyl (C=O) groups excluding carboxylic acids is 1. The van der Waals surface area contributed by atoms with Crippen molar-refractivity contribution in [3.63, 3.8) is 0 Å². The number of para-hydroxylation sites is 1. The highest BCUT2D eigenvalue weighted by molar-refractivity contribution is 9.11. The van der Waals surface area contributed by atoms with Gasteiger partial charge in [-0.3, -0.25) is 9.59 Å². The first-order chi connectivity index (χ1) is 9.47. The Balaban J connectivity index is 2.17. The molecule has 1 heterocycles. The Morgan fingerprint density at radius 3 is 2.70 bits per heavy atom. The van der Waals surface area contributed by atoms with Gasteiger partial charge in [-0.2, -0.15) is 0 Å². The molecular formula is C13H9Br2ClN2O2. The molecule has 1 N–H and O–H groups in total. The maximum absolute atomic E-state index is 11.9. The number of pyridine rings is 1. The van der Waals surface area contributed by atoms with Crippen LogP contribution in [0.1, 0.15) is 0 Å². The highest BCUT2D eigenvalue weighted by Crippen LogP contribution is 2.20. The lowest BCUT2D eigenvalue weighted by molar-refractivity contribution is -0.116. The van der Waals surface area contributed by atoms with Gasteiger partial charge in [-0.05, 0) is 50.1 Å². The van der Waals surface area contributed by atoms with Crippen LogP contribution in [0.25, 0.3) is 0 Å². The van der Waals surface area contributed by atoms with Crippen molar-refractivity contribution in [2.45, 2.75) is 6.54 Å². The molecule has 2 aromatic rings. The maximum atomic E-state index is 11.9. The third-order valence-corrected chi connectivity index (χ3v) is 3.80. The Morgan fingerprint density at radius 1 is 1.30 bits per heavy atom. The fourth-order valence-corrected chi connectivity index (χ4v) is 3.03. The van der Waals surface area contributed by atoms with E-state index in [0.717, 1.165) is 0 Å². The van der Waals surface area contributed by atoms with Crippen LogP contribution in [0.3, 0.4) is 0 Å². The van der Waals surface area contributed by atoms with Gasteiger partial charge in [0.1, 0.15) is 6.54 Å². The summed E-state index contributed by atoms with van der Waals surface area (Å²) in [7, 11) is 0. The largest absolute Gasteiger partial charge is 0.323 e. The lowest BCUT2D eigenvalue weighted by atomic mass is 10.3. The molecule has 0 aliphatic heterocycles. The molecule has 0 spiro atoms. The zero-order valence-electron chi connectivity index (χ0n) is 10.1. The predicted molar refractivity (Wildman–Crippen MR) is 86.2 cm³/mol. The van der Waals surface area contributed by atoms with E-state index < -0.39 is 0 Å². The molecule has 0 aliphatic rings. The zero-order chi connectivity index (χ0) is 14.7. The van der Waals surface area contributed by atoms with Crippen LogP contribution in [0, 0.1) is 0 Å². The Kier molecular flexibility index (Phi) is 5.01. The third-order valence-electron chi connectivity index (χ3n) is 2.47. The SMILES string of the molecule is O=C(Cn1cc(Br)cc(Br)c1=O)Nc1ccccc1Cl. The number of rotatable bonds is 3. The minimum absolute atomic E-state index is 0.0951. The van der Waals surface area contributed by atoms with Gasteiger partial charge in [-0.25, -0.2) is 0 Å². The van der Waals surface area contributed by atoms with E-state index in [2.05, 4.69) is 37.2 Å². The van der Waals surface area contributed by atoms with E-state index in [-0.39, 0.29) is 18.0 Å². The van der Waals surface area contributed by atoms with Gasteiger partial charge in [-0.15, -0.1) is 0 Å². The van der Waals surface area contributed by atoms with Gasteiger partial charge in [0, 0.05) is 10.7 Å². The van der Waals surface area contributed by atoms with Crippen molar-refractivity contribution >= 4 is 55.1 Å². The summed E-state index contributed by atoms with van der Waals surface area (Å²) in [4.78, 5) is 23.8. The Bertz CT molecular complexity index is 716. The van der Waals surface area contributed by atoms with Gasteiger partial charge < -0.3 is 9.88 Å². The molecule has 2 rings (SSSR count).